The first-order chi connectivity index (χ1) is 18.3. The molecule has 2 N–H and O–H groups in total. The molecule has 2 amide bonds. The number of amides is 2. The average molecular weight is 521 g/mol. The maximum absolute atomic E-state index is 12.6. The van der Waals surface area contributed by atoms with Gasteiger partial charge in [-0.2, -0.15) is 0 Å². The van der Waals surface area contributed by atoms with Crippen LogP contribution in [0.1, 0.15) is 34.8 Å². The van der Waals surface area contributed by atoms with Gasteiger partial charge in [0, 0.05) is 18.5 Å². The number of ketones is 1. The van der Waals surface area contributed by atoms with Crippen LogP contribution in [0.4, 0.5) is 16.2 Å². The highest BCUT2D eigenvalue weighted by atomic mass is 16.5. The van der Waals surface area contributed by atoms with E-state index >= 15 is 0 Å². The number of esters is 1. The summed E-state index contributed by atoms with van der Waals surface area (Å²) in [5.41, 5.74) is 3.23. The summed E-state index contributed by atoms with van der Waals surface area (Å²) in [5, 5.41) is 5.59. The number of benzene rings is 3. The molecule has 0 heterocycles. The molecule has 0 radical (unpaired) electrons. The van der Waals surface area contributed by atoms with Gasteiger partial charge in [-0.05, 0) is 61.4 Å². The number of rotatable bonds is 12. The Balaban J connectivity index is 1.54. The summed E-state index contributed by atoms with van der Waals surface area (Å²) in [5.74, 6) is 0.762. The van der Waals surface area contributed by atoms with E-state index < -0.39 is 12.0 Å². The Kier molecular flexibility index (Phi) is 10.1. The number of methoxy groups -OCH3 is 2. The number of ether oxygens (including phenoxy) is 4. The molecule has 9 nitrogen and oxygen atoms in total. The van der Waals surface area contributed by atoms with Crippen molar-refractivity contribution in [2.45, 2.75) is 26.7 Å². The minimum atomic E-state index is -0.448. The molecule has 0 aliphatic heterocycles. The molecule has 3 aromatic carbocycles. The van der Waals surface area contributed by atoms with Crippen LogP contribution in [0.3, 0.4) is 0 Å². The average Bonchev–Trinajstić information content (AvgIpc) is 2.91. The maximum atomic E-state index is 12.6. The van der Waals surface area contributed by atoms with Crippen LogP contribution < -0.4 is 24.8 Å². The number of urea groups is 1. The van der Waals surface area contributed by atoms with E-state index in [-0.39, 0.29) is 31.8 Å². The maximum Gasteiger partial charge on any atom is 0.338 e. The lowest BCUT2D eigenvalue weighted by atomic mass is 10.1. The van der Waals surface area contributed by atoms with E-state index in [0.717, 1.165) is 11.1 Å². The molecule has 0 fully saturated rings. The fraction of sp³-hybridized carbons (Fsp3) is 0.276. The molecular weight excluding hydrogens is 488 g/mol. The van der Waals surface area contributed by atoms with E-state index in [1.165, 1.54) is 20.3 Å². The van der Waals surface area contributed by atoms with Gasteiger partial charge in [-0.3, -0.25) is 4.79 Å². The molecule has 3 aromatic rings. The lowest BCUT2D eigenvalue weighted by Gasteiger charge is -2.14. The van der Waals surface area contributed by atoms with Crippen LogP contribution >= 0.6 is 0 Å². The van der Waals surface area contributed by atoms with Gasteiger partial charge in [-0.15, -0.1) is 0 Å². The number of anilines is 2. The molecule has 0 spiro atoms. The normalized spacial score (nSPS) is 10.3. The molecule has 0 unspecified atom stereocenters. The van der Waals surface area contributed by atoms with Crippen LogP contribution in [0.15, 0.2) is 60.7 Å². The summed E-state index contributed by atoms with van der Waals surface area (Å²) in [4.78, 5) is 36.9. The van der Waals surface area contributed by atoms with Crippen molar-refractivity contribution in [3.63, 3.8) is 0 Å². The van der Waals surface area contributed by atoms with Crippen LogP contribution in [0.25, 0.3) is 0 Å². The fourth-order valence-electron chi connectivity index (χ4n) is 3.66. The van der Waals surface area contributed by atoms with Crippen molar-refractivity contribution in [2.75, 3.05) is 38.1 Å². The van der Waals surface area contributed by atoms with Crippen LogP contribution in [-0.2, 0) is 16.0 Å². The Labute approximate surface area is 222 Å². The molecule has 200 valence electrons. The summed E-state index contributed by atoms with van der Waals surface area (Å²) >= 11 is 0. The third-order valence-electron chi connectivity index (χ3n) is 5.62. The second kappa shape index (κ2) is 13.7. The SMILES string of the molecule is CCOC(=O)c1ccc(OCCC(=O)Cc2ccc(NC(=O)Nc3ccccc3C)c(OC)c2)c(OC)c1. The second-order valence-electron chi connectivity index (χ2n) is 8.33. The lowest BCUT2D eigenvalue weighted by molar-refractivity contribution is -0.118. The van der Waals surface area contributed by atoms with E-state index in [4.69, 9.17) is 18.9 Å². The van der Waals surface area contributed by atoms with Gasteiger partial charge in [0.05, 0.1) is 38.7 Å². The third kappa shape index (κ3) is 7.73. The number of para-hydroxylation sites is 1. The Hall–Kier alpha value is -4.53. The Morgan fingerprint density at radius 2 is 1.55 bits per heavy atom. The summed E-state index contributed by atoms with van der Waals surface area (Å²) in [7, 11) is 2.97. The van der Waals surface area contributed by atoms with Crippen LogP contribution in [0.5, 0.6) is 17.2 Å². The molecular formula is C29H32N2O7. The van der Waals surface area contributed by atoms with Gasteiger partial charge in [-0.1, -0.05) is 24.3 Å². The Bertz CT molecular complexity index is 1290. The van der Waals surface area contributed by atoms with Crippen LogP contribution in [0, 0.1) is 6.92 Å². The van der Waals surface area contributed by atoms with E-state index in [9.17, 15) is 14.4 Å². The Morgan fingerprint density at radius 1 is 0.816 bits per heavy atom. The Morgan fingerprint density at radius 3 is 2.26 bits per heavy atom. The number of carbonyl (C=O) groups excluding carboxylic acids is 3. The molecule has 9 heteroatoms. The number of hydrogen-bond donors (Lipinski definition) is 2. The molecule has 0 saturated carbocycles. The number of nitrogens with one attached hydrogen (secondary N) is 2. The molecule has 0 aliphatic carbocycles. The smallest absolute Gasteiger partial charge is 0.338 e. The van der Waals surface area contributed by atoms with Gasteiger partial charge < -0.3 is 29.6 Å². The standard InChI is InChI=1S/C29H32N2O7/c1-5-37-28(33)21-11-13-25(27(18-21)36-4)38-15-14-22(32)16-20-10-12-24(26(17-20)35-3)31-29(34)30-23-9-7-6-8-19(23)2/h6-13,17-18H,5,14-16H2,1-4H3,(H2,30,31,34). The topological polar surface area (TPSA) is 112 Å². The first-order valence-corrected chi connectivity index (χ1v) is 12.1. The van der Waals surface area contributed by atoms with E-state index in [2.05, 4.69) is 10.6 Å². The van der Waals surface area contributed by atoms with Crippen LogP contribution in [-0.4, -0.2) is 45.2 Å². The summed E-state index contributed by atoms with van der Waals surface area (Å²) < 4.78 is 21.4. The monoisotopic (exact) mass is 520 g/mol. The second-order valence-corrected chi connectivity index (χ2v) is 8.33. The number of aryl methyl sites for hydroxylation is 1. The van der Waals surface area contributed by atoms with Crippen LogP contribution in [0.2, 0.25) is 0 Å². The van der Waals surface area contributed by atoms with Gasteiger partial charge in [0.1, 0.15) is 11.5 Å². The van der Waals surface area contributed by atoms with Gasteiger partial charge >= 0.3 is 12.0 Å². The quantitative estimate of drug-likeness (QED) is 0.307. The highest BCUT2D eigenvalue weighted by Crippen LogP contribution is 2.29. The fourth-order valence-corrected chi connectivity index (χ4v) is 3.66. The largest absolute Gasteiger partial charge is 0.495 e. The summed E-state index contributed by atoms with van der Waals surface area (Å²) in [6, 6.07) is 17.0. The highest BCUT2D eigenvalue weighted by Gasteiger charge is 2.14. The molecule has 0 bridgehead atoms. The van der Waals surface area contributed by atoms with Crippen molar-refractivity contribution in [1.29, 1.82) is 0 Å². The third-order valence-corrected chi connectivity index (χ3v) is 5.62. The lowest BCUT2D eigenvalue weighted by Crippen LogP contribution is -2.20. The molecule has 3 rings (SSSR count). The minimum absolute atomic E-state index is 0.0350. The van der Waals surface area contributed by atoms with Crippen molar-refractivity contribution < 1.29 is 33.3 Å². The number of carbonyl (C=O) groups is 3. The van der Waals surface area contributed by atoms with E-state index in [1.54, 1.807) is 37.3 Å². The molecule has 0 aromatic heterocycles. The first-order valence-electron chi connectivity index (χ1n) is 12.1. The van der Waals surface area contributed by atoms with E-state index in [1.807, 2.05) is 31.2 Å². The zero-order valence-electron chi connectivity index (χ0n) is 22.0. The molecule has 38 heavy (non-hydrogen) atoms. The van der Waals surface area contributed by atoms with Gasteiger partial charge in [-0.25, -0.2) is 9.59 Å². The first kappa shape index (κ1) is 28.0. The molecule has 0 atom stereocenters. The number of hydrogen-bond acceptors (Lipinski definition) is 7. The predicted octanol–water partition coefficient (Wildman–Crippen LogP) is 5.41. The minimum Gasteiger partial charge on any atom is -0.495 e. The van der Waals surface area contributed by atoms with Gasteiger partial charge in [0.15, 0.2) is 11.5 Å². The van der Waals surface area contributed by atoms with E-state index in [0.29, 0.717) is 34.2 Å². The molecule has 0 aliphatic rings. The van der Waals surface area contributed by atoms with Crippen molar-refractivity contribution in [3.05, 3.63) is 77.4 Å². The van der Waals surface area contributed by atoms with Crippen molar-refractivity contribution in [1.82, 2.24) is 0 Å². The van der Waals surface area contributed by atoms with Gasteiger partial charge in [0.2, 0.25) is 0 Å². The van der Waals surface area contributed by atoms with Crippen molar-refractivity contribution in [2.24, 2.45) is 0 Å². The van der Waals surface area contributed by atoms with Crippen molar-refractivity contribution in [3.8, 4) is 17.2 Å². The highest BCUT2D eigenvalue weighted by molar-refractivity contribution is 6.01. The summed E-state index contributed by atoms with van der Waals surface area (Å²) in [6.07, 6.45) is 0.346. The number of Topliss-reactive ketones (excluding diaryl/α,β-unsaturated/α-hetero) is 1. The zero-order valence-corrected chi connectivity index (χ0v) is 22.0. The van der Waals surface area contributed by atoms with Crippen molar-refractivity contribution >= 4 is 29.2 Å². The molecule has 0 saturated heterocycles. The predicted molar refractivity (Wildman–Crippen MR) is 145 cm³/mol. The zero-order chi connectivity index (χ0) is 27.5. The van der Waals surface area contributed by atoms with Gasteiger partial charge in [0.25, 0.3) is 0 Å². The summed E-state index contributed by atoms with van der Waals surface area (Å²) in [6.45, 7) is 4.06.